The van der Waals surface area contributed by atoms with Crippen molar-refractivity contribution in [1.82, 2.24) is 0 Å². The van der Waals surface area contributed by atoms with Crippen LogP contribution >= 0.6 is 8.34 Å². The molecule has 0 saturated carbocycles. The summed E-state index contributed by atoms with van der Waals surface area (Å²) in [6.45, 7) is 3.25. The molecule has 0 rings (SSSR count). The van der Waals surface area contributed by atoms with Crippen LogP contribution in [0.2, 0.25) is 0 Å². The van der Waals surface area contributed by atoms with Gasteiger partial charge in [0.05, 0.1) is 6.10 Å². The first kappa shape index (κ1) is 7.12. The van der Waals surface area contributed by atoms with Crippen LogP contribution in [-0.4, -0.2) is 6.10 Å². The molecule has 2 nitrogen and oxygen atoms in total. The molecule has 0 aromatic carbocycles. The van der Waals surface area contributed by atoms with Crippen LogP contribution in [0.4, 0.5) is 4.20 Å². The Bertz CT molecular complexity index is 73.3. The Labute approximate surface area is 42.7 Å². The lowest BCUT2D eigenvalue weighted by molar-refractivity contribution is 0.239. The van der Waals surface area contributed by atoms with Gasteiger partial charge in [0.1, 0.15) is 0 Å². The Morgan fingerprint density at radius 1 is 1.71 bits per heavy atom. The van der Waals surface area contributed by atoms with Crippen molar-refractivity contribution < 1.29 is 13.3 Å². The van der Waals surface area contributed by atoms with Crippen LogP contribution in [-0.2, 0) is 9.09 Å². The minimum absolute atomic E-state index is 0.267. The van der Waals surface area contributed by atoms with Gasteiger partial charge in [-0.3, -0.25) is 4.57 Å². The van der Waals surface area contributed by atoms with Gasteiger partial charge in [0.2, 0.25) is 0 Å². The molecule has 0 N–H and O–H groups in total. The van der Waals surface area contributed by atoms with Gasteiger partial charge >= 0.3 is 8.34 Å². The van der Waals surface area contributed by atoms with Crippen molar-refractivity contribution in [3.05, 3.63) is 0 Å². The van der Waals surface area contributed by atoms with Crippen LogP contribution in [0.3, 0.4) is 0 Å². The summed E-state index contributed by atoms with van der Waals surface area (Å²) in [6.07, 6.45) is -0.267. The van der Waals surface area contributed by atoms with Gasteiger partial charge in [-0.1, -0.05) is 0 Å². The lowest BCUT2D eigenvalue weighted by Crippen LogP contribution is -1.91. The van der Waals surface area contributed by atoms with E-state index in [2.05, 4.69) is 4.52 Å². The maximum absolute atomic E-state index is 11.3. The van der Waals surface area contributed by atoms with Crippen molar-refractivity contribution in [3.63, 3.8) is 0 Å². The number of hydrogen-bond donors (Lipinski definition) is 0. The van der Waals surface area contributed by atoms with E-state index in [1.807, 2.05) is 0 Å². The van der Waals surface area contributed by atoms with Gasteiger partial charge in [-0.05, 0) is 13.8 Å². The van der Waals surface area contributed by atoms with E-state index in [-0.39, 0.29) is 6.10 Å². The van der Waals surface area contributed by atoms with Gasteiger partial charge < -0.3 is 4.52 Å². The van der Waals surface area contributed by atoms with Crippen LogP contribution < -0.4 is 0 Å². The van der Waals surface area contributed by atoms with Crippen LogP contribution in [0.15, 0.2) is 0 Å². The first-order chi connectivity index (χ1) is 3.13. The zero-order chi connectivity index (χ0) is 5.86. The maximum Gasteiger partial charge on any atom is 0.356 e. The Morgan fingerprint density at radius 3 is 2.14 bits per heavy atom. The third-order valence-electron chi connectivity index (χ3n) is 0.328. The third kappa shape index (κ3) is 6.12. The number of halogens is 1. The van der Waals surface area contributed by atoms with Gasteiger partial charge in [-0.2, -0.15) is 4.20 Å². The summed E-state index contributed by atoms with van der Waals surface area (Å²) in [6, 6.07) is 0. The van der Waals surface area contributed by atoms with Crippen LogP contribution in [0.25, 0.3) is 0 Å². The lowest BCUT2D eigenvalue weighted by atomic mass is 10.5. The van der Waals surface area contributed by atoms with E-state index < -0.39 is 8.34 Å². The second-order valence-corrected chi connectivity index (χ2v) is 2.12. The van der Waals surface area contributed by atoms with E-state index in [0.29, 0.717) is 0 Å². The summed E-state index contributed by atoms with van der Waals surface area (Å²) < 4.78 is 25.0. The molecule has 0 spiro atoms. The summed E-state index contributed by atoms with van der Waals surface area (Å²) in [5.41, 5.74) is 0. The highest BCUT2D eigenvalue weighted by atomic mass is 31.2. The zero-order valence-electron chi connectivity index (χ0n) is 4.27. The largest absolute Gasteiger partial charge is 0.356 e. The van der Waals surface area contributed by atoms with Crippen LogP contribution in [0.1, 0.15) is 13.8 Å². The van der Waals surface area contributed by atoms with Crippen molar-refractivity contribution in [1.29, 1.82) is 0 Å². The normalized spacial score (nSPS) is 14.9. The van der Waals surface area contributed by atoms with Crippen LogP contribution in [0, 0.1) is 0 Å². The van der Waals surface area contributed by atoms with E-state index in [4.69, 9.17) is 0 Å². The minimum Gasteiger partial charge on any atom is -0.305 e. The third-order valence-corrected chi connectivity index (χ3v) is 0.985. The lowest BCUT2D eigenvalue weighted by Gasteiger charge is -1.97. The number of rotatable bonds is 2. The predicted octanol–water partition coefficient (Wildman–Crippen LogP) is 1.77. The summed E-state index contributed by atoms with van der Waals surface area (Å²) in [4.78, 5) is 0. The molecule has 1 unspecified atom stereocenters. The molecule has 0 aromatic heterocycles. The molecule has 0 aliphatic heterocycles. The smallest absolute Gasteiger partial charge is 0.305 e. The first-order valence-corrected chi connectivity index (χ1v) is 3.18. The quantitative estimate of drug-likeness (QED) is 0.527. The van der Waals surface area contributed by atoms with Gasteiger partial charge in [0, 0.05) is 0 Å². The second kappa shape index (κ2) is 3.16. The summed E-state index contributed by atoms with van der Waals surface area (Å²) in [5.74, 6) is 0. The van der Waals surface area contributed by atoms with Gasteiger partial charge in [-0.15, -0.1) is 0 Å². The second-order valence-electron chi connectivity index (χ2n) is 1.40. The summed E-state index contributed by atoms with van der Waals surface area (Å²) in [5, 5.41) is 0. The van der Waals surface area contributed by atoms with Crippen molar-refractivity contribution in [2.45, 2.75) is 20.0 Å². The highest BCUT2D eigenvalue weighted by Crippen LogP contribution is 2.24. The molecular formula is C3H8FO2P. The Kier molecular flexibility index (Phi) is 3.22. The summed E-state index contributed by atoms with van der Waals surface area (Å²) >= 11 is 0. The first-order valence-electron chi connectivity index (χ1n) is 1.99. The molecule has 0 aliphatic carbocycles. The van der Waals surface area contributed by atoms with Gasteiger partial charge in [-0.25, -0.2) is 0 Å². The fourth-order valence-corrected chi connectivity index (χ4v) is 0.556. The average Bonchev–Trinajstić information content (AvgIpc) is 1.27. The Morgan fingerprint density at radius 2 is 2.14 bits per heavy atom. The molecule has 0 heterocycles. The highest BCUT2D eigenvalue weighted by Gasteiger charge is 1.95. The fourth-order valence-electron chi connectivity index (χ4n) is 0.185. The topological polar surface area (TPSA) is 26.3 Å². The molecule has 0 radical (unpaired) electrons. The molecule has 44 valence electrons. The molecule has 4 heteroatoms. The van der Waals surface area contributed by atoms with Crippen molar-refractivity contribution in [3.8, 4) is 0 Å². The molecule has 0 fully saturated rings. The Balaban J connectivity index is 3.13. The van der Waals surface area contributed by atoms with Gasteiger partial charge in [0.15, 0.2) is 0 Å². The predicted molar refractivity (Wildman–Crippen MR) is 26.3 cm³/mol. The zero-order valence-corrected chi connectivity index (χ0v) is 5.27. The molecule has 0 saturated heterocycles. The highest BCUT2D eigenvalue weighted by molar-refractivity contribution is 7.32. The van der Waals surface area contributed by atoms with Crippen molar-refractivity contribution >= 4 is 8.34 Å². The monoisotopic (exact) mass is 126 g/mol. The van der Waals surface area contributed by atoms with E-state index >= 15 is 0 Å². The average molecular weight is 126 g/mol. The maximum atomic E-state index is 11.3. The summed E-state index contributed by atoms with van der Waals surface area (Å²) in [7, 11) is -3.18. The van der Waals surface area contributed by atoms with Crippen LogP contribution in [0.5, 0.6) is 0 Å². The minimum atomic E-state index is -3.18. The molecule has 0 bridgehead atoms. The Hall–Kier alpha value is 0.120. The van der Waals surface area contributed by atoms with E-state index in [9.17, 15) is 8.76 Å². The number of hydrogen-bond acceptors (Lipinski definition) is 2. The molecule has 1 atom stereocenters. The van der Waals surface area contributed by atoms with E-state index in [1.165, 1.54) is 0 Å². The molecule has 0 amide bonds. The van der Waals surface area contributed by atoms with E-state index in [1.54, 1.807) is 13.8 Å². The molecule has 0 aromatic rings. The van der Waals surface area contributed by atoms with E-state index in [0.717, 1.165) is 0 Å². The van der Waals surface area contributed by atoms with Crippen molar-refractivity contribution in [2.24, 2.45) is 0 Å². The molecular weight excluding hydrogens is 118 g/mol. The molecule has 0 aliphatic rings. The molecule has 7 heavy (non-hydrogen) atoms. The van der Waals surface area contributed by atoms with Crippen molar-refractivity contribution in [2.75, 3.05) is 0 Å². The van der Waals surface area contributed by atoms with Gasteiger partial charge in [0.25, 0.3) is 0 Å². The SMILES string of the molecule is CC(C)O[PH](=O)F. The standard InChI is InChI=1S/C3H8FO2P/c1-3(2)6-7(4)5/h3,7H,1-2H3. The fraction of sp³-hybridized carbons (Fsp3) is 1.00.